The zero-order valence-electron chi connectivity index (χ0n) is 31.7. The van der Waals surface area contributed by atoms with Gasteiger partial charge in [-0.3, -0.25) is 0 Å². The molecule has 3 unspecified atom stereocenters. The van der Waals surface area contributed by atoms with E-state index in [-0.39, 0.29) is 6.04 Å². The van der Waals surface area contributed by atoms with Crippen LogP contribution in [0.1, 0.15) is 54.7 Å². The molecule has 56 heavy (non-hydrogen) atoms. The molecule has 5 aromatic rings. The minimum Gasteiger partial charge on any atom is -0.360 e. The molecule has 2 heteroatoms. The highest BCUT2D eigenvalue weighted by Crippen LogP contribution is 2.49. The van der Waals surface area contributed by atoms with Gasteiger partial charge in [0.25, 0.3) is 0 Å². The minimum absolute atomic E-state index is 0.254. The van der Waals surface area contributed by atoms with E-state index in [0.717, 1.165) is 32.1 Å². The number of benzene rings is 5. The number of allylic oxidation sites excluding steroid dienone is 11. The van der Waals surface area contributed by atoms with Crippen molar-refractivity contribution in [1.82, 2.24) is 4.90 Å². The highest BCUT2D eigenvalue weighted by atomic mass is 15.2. The lowest BCUT2D eigenvalue weighted by Crippen LogP contribution is -2.39. The number of hydrogen-bond donors (Lipinski definition) is 0. The van der Waals surface area contributed by atoms with E-state index in [1.54, 1.807) is 0 Å². The van der Waals surface area contributed by atoms with Crippen molar-refractivity contribution in [2.45, 2.75) is 50.1 Å². The molecular formula is C54H46N2. The molecule has 0 amide bonds. The van der Waals surface area contributed by atoms with E-state index in [1.165, 1.54) is 72.9 Å². The van der Waals surface area contributed by atoms with Crippen molar-refractivity contribution in [2.24, 2.45) is 0 Å². The number of rotatable bonds is 8. The first-order valence-corrected chi connectivity index (χ1v) is 20.3. The Labute approximate surface area is 331 Å². The fraction of sp³-hybridized carbons (Fsp3) is 0.148. The van der Waals surface area contributed by atoms with Crippen LogP contribution in [0.2, 0.25) is 0 Å². The van der Waals surface area contributed by atoms with Crippen molar-refractivity contribution >= 4 is 16.8 Å². The van der Waals surface area contributed by atoms with Crippen LogP contribution in [0.3, 0.4) is 0 Å². The molecule has 5 aliphatic rings. The van der Waals surface area contributed by atoms with Crippen molar-refractivity contribution in [3.05, 3.63) is 245 Å². The van der Waals surface area contributed by atoms with Gasteiger partial charge in [-0.15, -0.1) is 0 Å². The number of anilines is 1. The Morgan fingerprint density at radius 3 is 1.84 bits per heavy atom. The fourth-order valence-corrected chi connectivity index (χ4v) is 9.42. The van der Waals surface area contributed by atoms with Crippen LogP contribution in [0.5, 0.6) is 0 Å². The van der Waals surface area contributed by atoms with Crippen LogP contribution in [0.4, 0.5) is 5.69 Å². The Bertz CT molecular complexity index is 2480. The van der Waals surface area contributed by atoms with E-state index >= 15 is 0 Å². The lowest BCUT2D eigenvalue weighted by atomic mass is 9.86. The van der Waals surface area contributed by atoms with Gasteiger partial charge in [-0.1, -0.05) is 164 Å². The summed E-state index contributed by atoms with van der Waals surface area (Å²) in [6.07, 6.45) is 26.9. The largest absolute Gasteiger partial charge is 0.360 e. The van der Waals surface area contributed by atoms with E-state index < -0.39 is 0 Å². The topological polar surface area (TPSA) is 6.48 Å². The normalized spacial score (nSPS) is 21.3. The summed E-state index contributed by atoms with van der Waals surface area (Å²) in [7, 11) is 0. The van der Waals surface area contributed by atoms with Gasteiger partial charge < -0.3 is 9.80 Å². The summed E-state index contributed by atoms with van der Waals surface area (Å²) in [6.45, 7) is 0. The first-order valence-electron chi connectivity index (χ1n) is 20.3. The molecule has 4 aliphatic carbocycles. The Hall–Kier alpha value is -6.38. The van der Waals surface area contributed by atoms with E-state index in [4.69, 9.17) is 0 Å². The van der Waals surface area contributed by atoms with Crippen molar-refractivity contribution in [1.29, 1.82) is 0 Å². The van der Waals surface area contributed by atoms with Gasteiger partial charge in [-0.05, 0) is 112 Å². The van der Waals surface area contributed by atoms with Gasteiger partial charge >= 0.3 is 0 Å². The maximum atomic E-state index is 2.80. The second-order valence-electron chi connectivity index (χ2n) is 15.5. The summed E-state index contributed by atoms with van der Waals surface area (Å²) < 4.78 is 0. The molecule has 1 saturated heterocycles. The summed E-state index contributed by atoms with van der Waals surface area (Å²) in [5.41, 5.74) is 17.4. The van der Waals surface area contributed by atoms with Gasteiger partial charge in [0.15, 0.2) is 0 Å². The molecule has 0 N–H and O–H groups in total. The third-order valence-electron chi connectivity index (χ3n) is 12.2. The van der Waals surface area contributed by atoms with Crippen LogP contribution in [0.15, 0.2) is 229 Å². The molecule has 10 rings (SSSR count). The Morgan fingerprint density at radius 2 is 1.18 bits per heavy atom. The first-order chi connectivity index (χ1) is 27.8. The standard InChI is InChI=1S/C54H46N2/c1-5-13-39(14-6-1)43-21-28-47(29-22-43)55(48-30-23-44(24-31-48)40-15-7-2-8-16-40)50-34-35-51-52-37-46(42-19-11-4-12-20-42)27-36-53(52)56(54(51)38-50)49-32-25-45(26-33-49)41-17-9-3-10-18-41/h1-23,25,27-32,34-35,37,44,53-54H,24,26,33,36,38H2. The van der Waals surface area contributed by atoms with Crippen LogP contribution < -0.4 is 4.90 Å². The molecule has 1 heterocycles. The molecule has 3 atom stereocenters. The molecular weight excluding hydrogens is 677 g/mol. The van der Waals surface area contributed by atoms with Crippen molar-refractivity contribution in [2.75, 3.05) is 4.90 Å². The first kappa shape index (κ1) is 34.1. The predicted molar refractivity (Wildman–Crippen MR) is 234 cm³/mol. The number of fused-ring (bicyclic) bond motifs is 3. The Balaban J connectivity index is 1.04. The van der Waals surface area contributed by atoms with Crippen LogP contribution in [-0.4, -0.2) is 17.0 Å². The SMILES string of the molecule is C1=CC(c2ccccc2)CC=C1N(C1=CC=C2C3=CC(c4ccccc4)=CCC3N(C3=CC=C(c4ccccc4)CC3)C2C1)c1ccc(-c2ccccc2)cc1. The zero-order chi connectivity index (χ0) is 37.3. The number of hydrogen-bond acceptors (Lipinski definition) is 2. The van der Waals surface area contributed by atoms with E-state index in [1.807, 2.05) is 0 Å². The second-order valence-corrected chi connectivity index (χ2v) is 15.5. The summed E-state index contributed by atoms with van der Waals surface area (Å²) >= 11 is 0. The summed E-state index contributed by atoms with van der Waals surface area (Å²) in [5.74, 6) is 0.382. The predicted octanol–water partition coefficient (Wildman–Crippen LogP) is 13.2. The van der Waals surface area contributed by atoms with Crippen molar-refractivity contribution in [3.8, 4) is 11.1 Å². The van der Waals surface area contributed by atoms with Crippen LogP contribution in [0.25, 0.3) is 22.3 Å². The number of nitrogens with zero attached hydrogens (tertiary/aromatic N) is 2. The van der Waals surface area contributed by atoms with Crippen LogP contribution in [-0.2, 0) is 0 Å². The van der Waals surface area contributed by atoms with Gasteiger partial charge in [0.05, 0.1) is 12.1 Å². The average molecular weight is 723 g/mol. The zero-order valence-corrected chi connectivity index (χ0v) is 31.7. The quantitative estimate of drug-likeness (QED) is 0.157. The minimum atomic E-state index is 0.254. The van der Waals surface area contributed by atoms with E-state index in [2.05, 4.69) is 210 Å². The molecule has 0 spiro atoms. The molecule has 272 valence electrons. The van der Waals surface area contributed by atoms with Gasteiger partial charge in [0.2, 0.25) is 0 Å². The third kappa shape index (κ3) is 6.56. The molecule has 0 saturated carbocycles. The van der Waals surface area contributed by atoms with Gasteiger partial charge in [0, 0.05) is 35.1 Å². The highest BCUT2D eigenvalue weighted by Gasteiger charge is 2.44. The maximum Gasteiger partial charge on any atom is 0.0604 e. The summed E-state index contributed by atoms with van der Waals surface area (Å²) in [5, 5.41) is 0. The summed E-state index contributed by atoms with van der Waals surface area (Å²) in [4.78, 5) is 5.33. The molecule has 0 aromatic heterocycles. The fourth-order valence-electron chi connectivity index (χ4n) is 9.42. The van der Waals surface area contributed by atoms with E-state index in [9.17, 15) is 0 Å². The lowest BCUT2D eigenvalue weighted by molar-refractivity contribution is 0.259. The van der Waals surface area contributed by atoms with Crippen molar-refractivity contribution < 1.29 is 0 Å². The molecule has 0 bridgehead atoms. The molecule has 0 radical (unpaired) electrons. The third-order valence-corrected chi connectivity index (χ3v) is 12.2. The monoisotopic (exact) mass is 722 g/mol. The van der Waals surface area contributed by atoms with Crippen LogP contribution in [0, 0.1) is 0 Å². The van der Waals surface area contributed by atoms with Gasteiger partial charge in [-0.25, -0.2) is 0 Å². The van der Waals surface area contributed by atoms with E-state index in [0.29, 0.717) is 12.0 Å². The number of likely N-dealkylation sites (tertiary alicyclic amines) is 1. The van der Waals surface area contributed by atoms with Gasteiger partial charge in [0.1, 0.15) is 0 Å². The van der Waals surface area contributed by atoms with Crippen LogP contribution >= 0.6 is 0 Å². The molecule has 1 fully saturated rings. The highest BCUT2D eigenvalue weighted by molar-refractivity contribution is 5.79. The Morgan fingerprint density at radius 1 is 0.518 bits per heavy atom. The van der Waals surface area contributed by atoms with Gasteiger partial charge in [-0.2, -0.15) is 0 Å². The summed E-state index contributed by atoms with van der Waals surface area (Å²) in [6, 6.07) is 53.2. The smallest absolute Gasteiger partial charge is 0.0604 e. The second kappa shape index (κ2) is 15.0. The molecule has 5 aromatic carbocycles. The molecule has 2 nitrogen and oxygen atoms in total. The lowest BCUT2D eigenvalue weighted by Gasteiger charge is -2.39. The average Bonchev–Trinajstić information content (AvgIpc) is 3.61. The van der Waals surface area contributed by atoms with Crippen molar-refractivity contribution in [3.63, 3.8) is 0 Å². The Kier molecular flexibility index (Phi) is 9.17. The maximum absolute atomic E-state index is 2.80. The molecule has 1 aliphatic heterocycles.